The first-order valence-electron chi connectivity index (χ1n) is 13.5. The summed E-state index contributed by atoms with van der Waals surface area (Å²) in [6.45, 7) is 8.19. The van der Waals surface area contributed by atoms with Gasteiger partial charge in [0.15, 0.2) is 5.13 Å². The Morgan fingerprint density at radius 1 is 1.42 bits per heavy atom. The molecule has 5 N–H and O–H groups in total. The fourth-order valence-electron chi connectivity index (χ4n) is 4.83. The molecule has 2 atom stereocenters. The number of anilines is 1. The molecular formula is C26H31N10O5S2+. The number of rotatable bonds is 14. The lowest BCUT2D eigenvalue weighted by Crippen LogP contribution is -2.71. The van der Waals surface area contributed by atoms with Crippen molar-refractivity contribution in [2.24, 2.45) is 5.16 Å². The highest BCUT2D eigenvalue weighted by molar-refractivity contribution is 8.00. The Kier molecular flexibility index (Phi) is 9.32. The first kappa shape index (κ1) is 30.1. The van der Waals surface area contributed by atoms with Crippen LogP contribution in [-0.4, -0.2) is 89.3 Å². The number of aliphatic carboxylic acids is 1. The van der Waals surface area contributed by atoms with Gasteiger partial charge in [0.2, 0.25) is 17.9 Å². The number of amides is 2. The Hall–Kier alpha value is -4.35. The summed E-state index contributed by atoms with van der Waals surface area (Å²) in [7, 11) is 0. The molecule has 0 bridgehead atoms. The average Bonchev–Trinajstić information content (AvgIpc) is 3.62. The van der Waals surface area contributed by atoms with Crippen molar-refractivity contribution in [1.29, 1.82) is 0 Å². The Balaban J connectivity index is 1.32. The van der Waals surface area contributed by atoms with E-state index < -0.39 is 29.2 Å². The molecule has 0 aromatic carbocycles. The molecule has 0 aliphatic carbocycles. The van der Waals surface area contributed by atoms with Crippen LogP contribution in [0.3, 0.4) is 0 Å². The second kappa shape index (κ2) is 13.3. The van der Waals surface area contributed by atoms with Crippen molar-refractivity contribution >= 4 is 63.1 Å². The van der Waals surface area contributed by atoms with Gasteiger partial charge in [-0.25, -0.2) is 9.36 Å². The molecule has 17 heteroatoms. The molecule has 43 heavy (non-hydrogen) atoms. The molecule has 15 nitrogen and oxygen atoms in total. The van der Waals surface area contributed by atoms with Crippen LogP contribution in [0, 0.1) is 0 Å². The zero-order valence-corrected chi connectivity index (χ0v) is 24.9. The largest absolute Gasteiger partial charge is 0.477 e. The lowest BCUT2D eigenvalue weighted by atomic mass is 10.0. The number of fused-ring (bicyclic) bond motifs is 2. The van der Waals surface area contributed by atoms with Gasteiger partial charge < -0.3 is 30.9 Å². The third kappa shape index (κ3) is 6.23. The lowest BCUT2D eigenvalue weighted by Gasteiger charge is -2.49. The Morgan fingerprint density at radius 2 is 2.26 bits per heavy atom. The number of carboxylic acids is 1. The summed E-state index contributed by atoms with van der Waals surface area (Å²) in [5, 5.41) is 19.4. The number of carbonyl (C=O) groups is 3. The van der Waals surface area contributed by atoms with Crippen molar-refractivity contribution in [1.82, 2.24) is 34.4 Å². The van der Waals surface area contributed by atoms with Crippen LogP contribution in [0.2, 0.25) is 0 Å². The first-order chi connectivity index (χ1) is 20.8. The summed E-state index contributed by atoms with van der Waals surface area (Å²) in [4.78, 5) is 53.6. The topological polar surface area (TPSA) is 194 Å². The maximum absolute atomic E-state index is 13.3. The molecule has 5 heterocycles. The minimum Gasteiger partial charge on any atom is -0.477 e. The molecular weight excluding hydrogens is 596 g/mol. The number of hydrogen-bond donors (Lipinski definition) is 4. The first-order valence-corrected chi connectivity index (χ1v) is 15.3. The number of carboxylic acid groups (broad SMARTS) is 1. The molecule has 0 spiro atoms. The zero-order valence-electron chi connectivity index (χ0n) is 23.3. The van der Waals surface area contributed by atoms with Crippen molar-refractivity contribution in [3.8, 4) is 0 Å². The number of nitrogens with two attached hydrogens (primary N) is 1. The van der Waals surface area contributed by atoms with E-state index in [9.17, 15) is 19.5 Å². The highest BCUT2D eigenvalue weighted by atomic mass is 32.2. The summed E-state index contributed by atoms with van der Waals surface area (Å²) >= 11 is 2.26. The van der Waals surface area contributed by atoms with Gasteiger partial charge in [-0.3, -0.25) is 14.5 Å². The van der Waals surface area contributed by atoms with Crippen molar-refractivity contribution in [2.45, 2.75) is 37.8 Å². The van der Waals surface area contributed by atoms with E-state index in [0.29, 0.717) is 17.0 Å². The van der Waals surface area contributed by atoms with Gasteiger partial charge in [-0.05, 0) is 37.0 Å². The Labute approximate surface area is 254 Å². The maximum Gasteiger partial charge on any atom is 0.352 e. The van der Waals surface area contributed by atoms with Gasteiger partial charge in [0.05, 0.1) is 6.20 Å². The summed E-state index contributed by atoms with van der Waals surface area (Å²) in [6.07, 6.45) is 6.34. The van der Waals surface area contributed by atoms with Crippen LogP contribution >= 0.6 is 23.3 Å². The Morgan fingerprint density at radius 3 is 2.98 bits per heavy atom. The lowest BCUT2D eigenvalue weighted by molar-refractivity contribution is -0.664. The predicted molar refractivity (Wildman–Crippen MR) is 160 cm³/mol. The van der Waals surface area contributed by atoms with E-state index in [-0.39, 0.29) is 35.5 Å². The van der Waals surface area contributed by atoms with Gasteiger partial charge in [-0.1, -0.05) is 11.2 Å². The van der Waals surface area contributed by atoms with E-state index in [4.69, 9.17) is 10.6 Å². The summed E-state index contributed by atoms with van der Waals surface area (Å²) in [5.74, 6) is -2.18. The number of aromatic nitrogens is 5. The average molecular weight is 628 g/mol. The molecule has 2 aliphatic heterocycles. The predicted octanol–water partition coefficient (Wildman–Crippen LogP) is 0.103. The standard InChI is InChI=1S/C26H30N10O5S2/c1-3-8-28-9-6-11-35-14-29-21-16(35)7-5-10-34(21)12-15-13-42-24-18(23(38)36(24)19(15)25(39)40)30-22(37)17(32-41-4-2)20-31-26(27)43-33-20/h3,5,7,10,14,18,24,28H,1,4,6,8-9,11-13H2,2H3,(H3-,27,30,31,33,37,39,40)/p+1/b32-17+. The van der Waals surface area contributed by atoms with E-state index >= 15 is 0 Å². The number of thioether (sulfide) groups is 1. The van der Waals surface area contributed by atoms with Crippen LogP contribution in [-0.2, 0) is 32.3 Å². The number of imidazole rings is 1. The molecule has 3 aromatic rings. The number of aryl methyl sites for hydroxylation is 1. The number of nitrogens with one attached hydrogen (secondary N) is 2. The normalized spacial score (nSPS) is 18.4. The fraction of sp³-hybridized carbons (Fsp3) is 0.385. The molecule has 5 rings (SSSR count). The monoisotopic (exact) mass is 627 g/mol. The Bertz CT molecular complexity index is 1620. The summed E-state index contributed by atoms with van der Waals surface area (Å²) in [5.41, 5.74) is 7.53. The van der Waals surface area contributed by atoms with Crippen molar-refractivity contribution in [3.05, 3.63) is 54.4 Å². The van der Waals surface area contributed by atoms with Gasteiger partial charge >= 0.3 is 11.6 Å². The molecule has 2 amide bonds. The molecule has 0 saturated carbocycles. The number of β-lactam (4-membered cyclic amide) rings is 1. The van der Waals surface area contributed by atoms with Gasteiger partial charge in [-0.15, -0.1) is 18.3 Å². The summed E-state index contributed by atoms with van der Waals surface area (Å²) < 4.78 is 7.95. The highest BCUT2D eigenvalue weighted by Gasteiger charge is 2.54. The molecule has 0 radical (unpaired) electrons. The second-order valence-electron chi connectivity index (χ2n) is 9.56. The molecule has 226 valence electrons. The summed E-state index contributed by atoms with van der Waals surface area (Å²) in [6, 6.07) is 2.89. The number of carbonyl (C=O) groups excluding carboxylic acids is 2. The number of nitrogen functional groups attached to an aromatic ring is 1. The molecule has 1 saturated heterocycles. The molecule has 3 aromatic heterocycles. The number of oxime groups is 1. The quantitative estimate of drug-likeness (QED) is 0.0473. The van der Waals surface area contributed by atoms with E-state index in [0.717, 1.165) is 43.1 Å². The van der Waals surface area contributed by atoms with Crippen LogP contribution in [0.4, 0.5) is 5.13 Å². The minimum absolute atomic E-state index is 0.0280. The third-order valence-corrected chi connectivity index (χ3v) is 8.62. The van der Waals surface area contributed by atoms with E-state index in [1.54, 1.807) is 13.3 Å². The fourth-order valence-corrected chi connectivity index (χ4v) is 6.60. The highest BCUT2D eigenvalue weighted by Crippen LogP contribution is 2.40. The minimum atomic E-state index is -1.22. The number of hydrogen-bond acceptors (Lipinski definition) is 12. The van der Waals surface area contributed by atoms with Crippen LogP contribution in [0.15, 0.2) is 53.7 Å². The van der Waals surface area contributed by atoms with E-state index in [1.807, 2.05) is 29.0 Å². The van der Waals surface area contributed by atoms with Crippen LogP contribution in [0.1, 0.15) is 19.2 Å². The maximum atomic E-state index is 13.3. The van der Waals surface area contributed by atoms with Crippen LogP contribution < -0.4 is 20.9 Å². The van der Waals surface area contributed by atoms with Crippen molar-refractivity contribution < 1.29 is 28.9 Å². The number of pyridine rings is 1. The van der Waals surface area contributed by atoms with E-state index in [1.165, 1.54) is 16.7 Å². The second-order valence-corrected chi connectivity index (χ2v) is 11.4. The van der Waals surface area contributed by atoms with Crippen LogP contribution in [0.25, 0.3) is 11.2 Å². The molecule has 2 aliphatic rings. The van der Waals surface area contributed by atoms with Gasteiger partial charge in [-0.2, -0.15) is 9.36 Å². The third-order valence-electron chi connectivity index (χ3n) is 6.74. The van der Waals surface area contributed by atoms with E-state index in [2.05, 4.69) is 41.3 Å². The van der Waals surface area contributed by atoms with Crippen molar-refractivity contribution in [3.63, 3.8) is 0 Å². The number of nitrogens with zero attached hydrogens (tertiary/aromatic N) is 7. The molecule has 2 unspecified atom stereocenters. The SMILES string of the molecule is C=CCNCCCn1cnc2c1ccc[n+]2CC1=C(C(=O)O)N2C(=O)C(NC(=O)/C(=N/OCC)c3nsc(N)n3)C2SC1. The smallest absolute Gasteiger partial charge is 0.352 e. The van der Waals surface area contributed by atoms with Gasteiger partial charge in [0.1, 0.15) is 35.8 Å². The van der Waals surface area contributed by atoms with Crippen molar-refractivity contribution in [2.75, 3.05) is 31.2 Å². The van der Waals surface area contributed by atoms with Crippen LogP contribution in [0.5, 0.6) is 0 Å². The van der Waals surface area contributed by atoms with Gasteiger partial charge in [0, 0.05) is 35.9 Å². The molecule has 1 fully saturated rings. The van der Waals surface area contributed by atoms with Gasteiger partial charge in [0.25, 0.3) is 11.8 Å². The zero-order chi connectivity index (χ0) is 30.5.